The minimum Gasteiger partial charge on any atom is -0.309 e. The van der Waals surface area contributed by atoms with E-state index in [0.29, 0.717) is 5.82 Å². The molecule has 6 rings (SSSR count). The second kappa shape index (κ2) is 8.64. The number of nitrogens with one attached hydrogen (secondary N) is 1. The van der Waals surface area contributed by atoms with Gasteiger partial charge in [-0.3, -0.25) is 5.43 Å². The monoisotopic (exact) mass is 439 g/mol. The Kier molecular flexibility index (Phi) is 5.05. The van der Waals surface area contributed by atoms with Gasteiger partial charge >= 0.3 is 0 Å². The highest BCUT2D eigenvalue weighted by molar-refractivity contribution is 6.07. The SMILES string of the molecule is C(=NNc1nncc2ccccc12)c1c(-c2ccccc2)n(-c2ccccc2)c2ccccc12. The summed E-state index contributed by atoms with van der Waals surface area (Å²) in [6.07, 6.45) is 3.64. The van der Waals surface area contributed by atoms with Gasteiger partial charge in [0.15, 0.2) is 5.82 Å². The summed E-state index contributed by atoms with van der Waals surface area (Å²) in [5, 5.41) is 16.1. The maximum atomic E-state index is 4.61. The zero-order chi connectivity index (χ0) is 22.7. The highest BCUT2D eigenvalue weighted by Crippen LogP contribution is 2.35. The van der Waals surface area contributed by atoms with Crippen molar-refractivity contribution in [1.29, 1.82) is 0 Å². The number of aromatic nitrogens is 3. The van der Waals surface area contributed by atoms with Crippen molar-refractivity contribution in [2.45, 2.75) is 0 Å². The van der Waals surface area contributed by atoms with Gasteiger partial charge in [-0.2, -0.15) is 10.2 Å². The van der Waals surface area contributed by atoms with Crippen LogP contribution in [0.3, 0.4) is 0 Å². The third-order valence-corrected chi connectivity index (χ3v) is 5.91. The van der Waals surface area contributed by atoms with Crippen molar-refractivity contribution in [2.24, 2.45) is 5.10 Å². The molecule has 6 aromatic rings. The van der Waals surface area contributed by atoms with Crippen LogP contribution in [0.25, 0.3) is 38.6 Å². The molecule has 0 aliphatic rings. The van der Waals surface area contributed by atoms with E-state index in [9.17, 15) is 0 Å². The molecule has 0 bridgehead atoms. The molecule has 5 nitrogen and oxygen atoms in total. The van der Waals surface area contributed by atoms with Crippen molar-refractivity contribution in [2.75, 3.05) is 5.43 Å². The average molecular weight is 440 g/mol. The summed E-state index contributed by atoms with van der Waals surface area (Å²) in [4.78, 5) is 0. The van der Waals surface area contributed by atoms with Crippen LogP contribution in [-0.2, 0) is 0 Å². The van der Waals surface area contributed by atoms with Gasteiger partial charge in [0.1, 0.15) is 0 Å². The molecule has 1 N–H and O–H groups in total. The first-order chi connectivity index (χ1) is 16.9. The van der Waals surface area contributed by atoms with Crippen LogP contribution in [0.4, 0.5) is 5.82 Å². The Balaban J connectivity index is 1.53. The highest BCUT2D eigenvalue weighted by Gasteiger charge is 2.18. The summed E-state index contributed by atoms with van der Waals surface area (Å²) in [7, 11) is 0. The van der Waals surface area contributed by atoms with Gasteiger partial charge in [0.2, 0.25) is 0 Å². The molecule has 34 heavy (non-hydrogen) atoms. The summed E-state index contributed by atoms with van der Waals surface area (Å²) in [6.45, 7) is 0. The molecule has 0 amide bonds. The summed E-state index contributed by atoms with van der Waals surface area (Å²) >= 11 is 0. The molecule has 0 aliphatic heterocycles. The van der Waals surface area contributed by atoms with E-state index in [1.54, 1.807) is 6.20 Å². The van der Waals surface area contributed by atoms with E-state index in [-0.39, 0.29) is 0 Å². The van der Waals surface area contributed by atoms with E-state index in [4.69, 9.17) is 0 Å². The van der Waals surface area contributed by atoms with Crippen LogP contribution in [-0.4, -0.2) is 21.0 Å². The quantitative estimate of drug-likeness (QED) is 0.241. The molecule has 0 fully saturated rings. The molecule has 0 saturated carbocycles. The average Bonchev–Trinajstić information content (AvgIpc) is 3.24. The van der Waals surface area contributed by atoms with Gasteiger partial charge in [0.05, 0.1) is 23.6 Å². The standard InChI is InChI=1S/C29H21N5/c1-3-11-21(12-4-1)28-26(20-31-33-29-24-16-8-7-13-22(24)19-30-32-29)25-17-9-10-18-27(25)34(28)23-14-5-2-6-15-23/h1-20H,(H,32,33). The fourth-order valence-electron chi connectivity index (χ4n) is 4.39. The molecule has 162 valence electrons. The van der Waals surface area contributed by atoms with Crippen LogP contribution >= 0.6 is 0 Å². The summed E-state index contributed by atoms with van der Waals surface area (Å²) in [5.74, 6) is 0.627. The van der Waals surface area contributed by atoms with Crippen LogP contribution in [0.2, 0.25) is 0 Å². The molecule has 0 aliphatic carbocycles. The third-order valence-electron chi connectivity index (χ3n) is 5.91. The van der Waals surface area contributed by atoms with Gasteiger partial charge in [-0.25, -0.2) is 0 Å². The van der Waals surface area contributed by atoms with Gasteiger partial charge in [0.25, 0.3) is 0 Å². The predicted octanol–water partition coefficient (Wildman–Crippen LogP) is 6.69. The summed E-state index contributed by atoms with van der Waals surface area (Å²) in [6, 6.07) is 37.3. The lowest BCUT2D eigenvalue weighted by molar-refractivity contribution is 1.04. The molecule has 0 unspecified atom stereocenters. The van der Waals surface area contributed by atoms with Crippen molar-refractivity contribution < 1.29 is 0 Å². The van der Waals surface area contributed by atoms with E-state index >= 15 is 0 Å². The van der Waals surface area contributed by atoms with Crippen LogP contribution < -0.4 is 5.43 Å². The number of hydrogen-bond donors (Lipinski definition) is 1. The Hall–Kier alpha value is -4.77. The number of nitrogens with zero attached hydrogens (tertiary/aromatic N) is 4. The molecular weight excluding hydrogens is 418 g/mol. The smallest absolute Gasteiger partial charge is 0.176 e. The first-order valence-corrected chi connectivity index (χ1v) is 11.1. The second-order valence-corrected chi connectivity index (χ2v) is 7.97. The number of benzene rings is 4. The van der Waals surface area contributed by atoms with Crippen molar-refractivity contribution in [3.8, 4) is 16.9 Å². The van der Waals surface area contributed by atoms with Crippen LogP contribution in [0, 0.1) is 0 Å². The number of rotatable bonds is 5. The van der Waals surface area contributed by atoms with Gasteiger partial charge in [-0.05, 0) is 23.8 Å². The minimum atomic E-state index is 0.627. The Morgan fingerprint density at radius 2 is 1.38 bits per heavy atom. The molecule has 2 heterocycles. The fourth-order valence-corrected chi connectivity index (χ4v) is 4.39. The van der Waals surface area contributed by atoms with E-state index < -0.39 is 0 Å². The van der Waals surface area contributed by atoms with E-state index in [0.717, 1.165) is 44.2 Å². The van der Waals surface area contributed by atoms with E-state index in [2.05, 4.69) is 98.1 Å². The van der Waals surface area contributed by atoms with Gasteiger partial charge in [0, 0.05) is 27.4 Å². The maximum absolute atomic E-state index is 4.61. The first-order valence-electron chi connectivity index (χ1n) is 11.1. The number of hydrogen-bond acceptors (Lipinski definition) is 4. The Morgan fingerprint density at radius 3 is 2.21 bits per heavy atom. The molecule has 2 aromatic heterocycles. The molecular formula is C29H21N5. The summed E-state index contributed by atoms with van der Waals surface area (Å²) in [5.41, 5.74) is 8.58. The Bertz CT molecular complexity index is 1610. The lowest BCUT2D eigenvalue weighted by Crippen LogP contribution is -1.99. The molecule has 4 aromatic carbocycles. The molecule has 0 atom stereocenters. The van der Waals surface area contributed by atoms with Gasteiger partial charge < -0.3 is 4.57 Å². The molecule has 0 saturated heterocycles. The first kappa shape index (κ1) is 19.9. The fraction of sp³-hybridized carbons (Fsp3) is 0. The van der Waals surface area contributed by atoms with Gasteiger partial charge in [-0.15, -0.1) is 5.10 Å². The van der Waals surface area contributed by atoms with E-state index in [1.165, 1.54) is 0 Å². The van der Waals surface area contributed by atoms with E-state index in [1.807, 2.05) is 42.6 Å². The zero-order valence-corrected chi connectivity index (χ0v) is 18.3. The number of anilines is 1. The van der Waals surface area contributed by atoms with Crippen molar-refractivity contribution in [1.82, 2.24) is 14.8 Å². The lowest BCUT2D eigenvalue weighted by Gasteiger charge is -2.12. The van der Waals surface area contributed by atoms with Crippen LogP contribution in [0.1, 0.15) is 5.56 Å². The summed E-state index contributed by atoms with van der Waals surface area (Å²) < 4.78 is 2.30. The normalized spacial score (nSPS) is 11.4. The lowest BCUT2D eigenvalue weighted by atomic mass is 10.1. The minimum absolute atomic E-state index is 0.627. The molecule has 0 radical (unpaired) electrons. The van der Waals surface area contributed by atoms with Crippen LogP contribution in [0.15, 0.2) is 120 Å². The van der Waals surface area contributed by atoms with Crippen LogP contribution in [0.5, 0.6) is 0 Å². The Labute approximate surface area is 197 Å². The highest BCUT2D eigenvalue weighted by atomic mass is 15.3. The molecule has 5 heteroatoms. The van der Waals surface area contributed by atoms with Crippen molar-refractivity contribution >= 4 is 33.7 Å². The number of fused-ring (bicyclic) bond motifs is 2. The molecule has 0 spiro atoms. The zero-order valence-electron chi connectivity index (χ0n) is 18.3. The number of hydrazone groups is 1. The second-order valence-electron chi connectivity index (χ2n) is 7.97. The van der Waals surface area contributed by atoms with Gasteiger partial charge in [-0.1, -0.05) is 91.0 Å². The number of para-hydroxylation sites is 2. The Morgan fingerprint density at radius 1 is 0.706 bits per heavy atom. The van der Waals surface area contributed by atoms with Crippen molar-refractivity contribution in [3.05, 3.63) is 121 Å². The topological polar surface area (TPSA) is 55.1 Å². The third kappa shape index (κ3) is 3.49. The van der Waals surface area contributed by atoms with Crippen molar-refractivity contribution in [3.63, 3.8) is 0 Å². The largest absolute Gasteiger partial charge is 0.309 e. The maximum Gasteiger partial charge on any atom is 0.176 e. The predicted molar refractivity (Wildman–Crippen MR) is 139 cm³/mol.